The molecule has 2 rings (SSSR count). The van der Waals surface area contributed by atoms with Crippen molar-refractivity contribution in [2.75, 3.05) is 13.1 Å². The molecule has 0 aromatic heterocycles. The SMILES string of the molecule is CC(C)(C)OC(=O)N1CC(O)C(CC(=O)OCc2ccccc2)C1. The first-order valence-electron chi connectivity index (χ1n) is 8.10. The van der Waals surface area contributed by atoms with Crippen molar-refractivity contribution in [2.24, 2.45) is 5.92 Å². The van der Waals surface area contributed by atoms with Crippen LogP contribution in [0.4, 0.5) is 4.79 Å². The third-order valence-electron chi connectivity index (χ3n) is 3.73. The molecule has 1 N–H and O–H groups in total. The highest BCUT2D eigenvalue weighted by Crippen LogP contribution is 2.23. The first kappa shape index (κ1) is 18.3. The Morgan fingerprint density at radius 3 is 2.50 bits per heavy atom. The molecule has 1 aliphatic heterocycles. The van der Waals surface area contributed by atoms with Gasteiger partial charge in [0.1, 0.15) is 12.2 Å². The van der Waals surface area contributed by atoms with E-state index in [-0.39, 0.29) is 38.0 Å². The van der Waals surface area contributed by atoms with Crippen LogP contribution in [-0.2, 0) is 20.9 Å². The molecule has 1 fully saturated rings. The van der Waals surface area contributed by atoms with Gasteiger partial charge in [-0.25, -0.2) is 4.79 Å². The summed E-state index contributed by atoms with van der Waals surface area (Å²) in [6.07, 6.45) is -1.14. The molecule has 2 unspecified atom stereocenters. The maximum atomic E-state index is 12.0. The number of nitrogens with zero attached hydrogens (tertiary/aromatic N) is 1. The Kier molecular flexibility index (Phi) is 5.83. The lowest BCUT2D eigenvalue weighted by atomic mass is 10.0. The number of hydrogen-bond donors (Lipinski definition) is 1. The smallest absolute Gasteiger partial charge is 0.410 e. The topological polar surface area (TPSA) is 76.1 Å². The molecule has 0 radical (unpaired) electrons. The van der Waals surface area contributed by atoms with Crippen LogP contribution in [0, 0.1) is 5.92 Å². The van der Waals surface area contributed by atoms with Gasteiger partial charge >= 0.3 is 12.1 Å². The number of carbonyl (C=O) groups excluding carboxylic acids is 2. The summed E-state index contributed by atoms with van der Waals surface area (Å²) in [7, 11) is 0. The molecule has 1 aliphatic rings. The number of β-amino-alcohol motifs (C(OH)–C–C–N with tert-alkyl or cyclic N) is 1. The Morgan fingerprint density at radius 2 is 1.88 bits per heavy atom. The van der Waals surface area contributed by atoms with E-state index < -0.39 is 17.8 Å². The maximum Gasteiger partial charge on any atom is 0.410 e. The molecule has 6 heteroatoms. The summed E-state index contributed by atoms with van der Waals surface area (Å²) in [5.41, 5.74) is 0.322. The van der Waals surface area contributed by atoms with Gasteiger partial charge in [-0.1, -0.05) is 30.3 Å². The molecule has 1 aromatic rings. The van der Waals surface area contributed by atoms with Crippen LogP contribution in [0.1, 0.15) is 32.8 Å². The molecule has 2 atom stereocenters. The maximum absolute atomic E-state index is 12.0. The number of benzene rings is 1. The second kappa shape index (κ2) is 7.66. The van der Waals surface area contributed by atoms with Gasteiger partial charge in [-0.3, -0.25) is 4.79 Å². The van der Waals surface area contributed by atoms with Crippen molar-refractivity contribution in [2.45, 2.75) is 45.5 Å². The largest absolute Gasteiger partial charge is 0.461 e. The lowest BCUT2D eigenvalue weighted by Gasteiger charge is -2.24. The highest BCUT2D eigenvalue weighted by molar-refractivity contribution is 5.71. The highest BCUT2D eigenvalue weighted by Gasteiger charge is 2.37. The zero-order valence-electron chi connectivity index (χ0n) is 14.4. The van der Waals surface area contributed by atoms with Crippen molar-refractivity contribution >= 4 is 12.1 Å². The molecular weight excluding hydrogens is 310 g/mol. The molecule has 0 saturated carbocycles. The fourth-order valence-corrected chi connectivity index (χ4v) is 2.54. The number of esters is 1. The van der Waals surface area contributed by atoms with Gasteiger partial charge in [0, 0.05) is 12.5 Å². The predicted octanol–water partition coefficient (Wildman–Crippen LogP) is 2.35. The van der Waals surface area contributed by atoms with E-state index in [9.17, 15) is 14.7 Å². The van der Waals surface area contributed by atoms with Gasteiger partial charge in [-0.15, -0.1) is 0 Å². The fourth-order valence-electron chi connectivity index (χ4n) is 2.54. The normalized spacial score (nSPS) is 20.8. The third kappa shape index (κ3) is 5.53. The molecule has 0 spiro atoms. The minimum atomic E-state index is -0.748. The second-order valence-corrected chi connectivity index (χ2v) is 7.06. The predicted molar refractivity (Wildman–Crippen MR) is 88.2 cm³/mol. The lowest BCUT2D eigenvalue weighted by molar-refractivity contribution is -0.146. The minimum absolute atomic E-state index is 0.0767. The standard InChI is InChI=1S/C18H25NO5/c1-18(2,3)24-17(22)19-10-14(15(20)11-19)9-16(21)23-12-13-7-5-4-6-8-13/h4-8,14-15,20H,9-12H2,1-3H3. The van der Waals surface area contributed by atoms with Crippen LogP contribution in [0.3, 0.4) is 0 Å². The molecule has 24 heavy (non-hydrogen) atoms. The number of carbonyl (C=O) groups is 2. The Morgan fingerprint density at radius 1 is 1.21 bits per heavy atom. The molecule has 132 valence electrons. The van der Waals surface area contributed by atoms with Crippen LogP contribution in [0.25, 0.3) is 0 Å². The number of amides is 1. The van der Waals surface area contributed by atoms with E-state index in [1.165, 1.54) is 4.90 Å². The molecule has 1 aromatic carbocycles. The van der Waals surface area contributed by atoms with Crippen LogP contribution in [0.5, 0.6) is 0 Å². The second-order valence-electron chi connectivity index (χ2n) is 7.06. The van der Waals surface area contributed by atoms with E-state index in [4.69, 9.17) is 9.47 Å². The number of likely N-dealkylation sites (tertiary alicyclic amines) is 1. The Bertz CT molecular complexity index is 567. The summed E-state index contributed by atoms with van der Waals surface area (Å²) in [5, 5.41) is 10.1. The van der Waals surface area contributed by atoms with Crippen LogP contribution in [0.2, 0.25) is 0 Å². The summed E-state index contributed by atoms with van der Waals surface area (Å²) in [4.78, 5) is 25.4. The number of aliphatic hydroxyl groups excluding tert-OH is 1. The minimum Gasteiger partial charge on any atom is -0.461 e. The number of ether oxygens (including phenoxy) is 2. The molecule has 0 aliphatic carbocycles. The van der Waals surface area contributed by atoms with Crippen molar-refractivity contribution < 1.29 is 24.2 Å². The van der Waals surface area contributed by atoms with E-state index in [0.29, 0.717) is 0 Å². The zero-order valence-corrected chi connectivity index (χ0v) is 14.4. The van der Waals surface area contributed by atoms with Gasteiger partial charge in [-0.2, -0.15) is 0 Å². The van der Waals surface area contributed by atoms with Crippen molar-refractivity contribution in [3.05, 3.63) is 35.9 Å². The number of rotatable bonds is 4. The number of hydrogen-bond acceptors (Lipinski definition) is 5. The van der Waals surface area contributed by atoms with Crippen molar-refractivity contribution in [3.63, 3.8) is 0 Å². The van der Waals surface area contributed by atoms with E-state index in [1.807, 2.05) is 30.3 Å². The van der Waals surface area contributed by atoms with Gasteiger partial charge in [0.25, 0.3) is 0 Å². The van der Waals surface area contributed by atoms with Gasteiger partial charge in [-0.05, 0) is 26.3 Å². The van der Waals surface area contributed by atoms with Gasteiger partial charge in [0.15, 0.2) is 0 Å². The van der Waals surface area contributed by atoms with E-state index in [0.717, 1.165) is 5.56 Å². The fraction of sp³-hybridized carbons (Fsp3) is 0.556. The van der Waals surface area contributed by atoms with E-state index >= 15 is 0 Å². The van der Waals surface area contributed by atoms with E-state index in [2.05, 4.69) is 0 Å². The molecule has 0 bridgehead atoms. The summed E-state index contributed by atoms with van der Waals surface area (Å²) in [6.45, 7) is 6.03. The molecule has 6 nitrogen and oxygen atoms in total. The Labute approximate surface area is 142 Å². The van der Waals surface area contributed by atoms with Gasteiger partial charge in [0.2, 0.25) is 0 Å². The third-order valence-corrected chi connectivity index (χ3v) is 3.73. The van der Waals surface area contributed by atoms with Crippen LogP contribution in [-0.4, -0.2) is 46.9 Å². The molecule has 1 saturated heterocycles. The Hall–Kier alpha value is -2.08. The summed E-state index contributed by atoms with van der Waals surface area (Å²) in [5.74, 6) is -0.713. The first-order chi connectivity index (χ1) is 11.2. The van der Waals surface area contributed by atoms with Gasteiger partial charge < -0.3 is 19.5 Å². The quantitative estimate of drug-likeness (QED) is 0.855. The average Bonchev–Trinajstić information content (AvgIpc) is 2.86. The molecular formula is C18H25NO5. The first-order valence-corrected chi connectivity index (χ1v) is 8.10. The van der Waals surface area contributed by atoms with Crippen LogP contribution < -0.4 is 0 Å². The van der Waals surface area contributed by atoms with Crippen molar-refractivity contribution in [1.29, 1.82) is 0 Å². The average molecular weight is 335 g/mol. The zero-order chi connectivity index (χ0) is 17.7. The number of aliphatic hydroxyl groups is 1. The van der Waals surface area contributed by atoms with Crippen LogP contribution in [0.15, 0.2) is 30.3 Å². The summed E-state index contributed by atoms with van der Waals surface area (Å²) >= 11 is 0. The van der Waals surface area contributed by atoms with Gasteiger partial charge in [0.05, 0.1) is 19.1 Å². The van der Waals surface area contributed by atoms with Crippen molar-refractivity contribution in [3.8, 4) is 0 Å². The lowest BCUT2D eigenvalue weighted by Crippen LogP contribution is -2.35. The Balaban J connectivity index is 1.80. The molecule has 1 heterocycles. The summed E-state index contributed by atoms with van der Waals surface area (Å²) < 4.78 is 10.5. The van der Waals surface area contributed by atoms with Crippen LogP contribution >= 0.6 is 0 Å². The summed E-state index contributed by atoms with van der Waals surface area (Å²) in [6, 6.07) is 9.40. The van der Waals surface area contributed by atoms with E-state index in [1.54, 1.807) is 20.8 Å². The molecule has 1 amide bonds. The van der Waals surface area contributed by atoms with Crippen molar-refractivity contribution in [1.82, 2.24) is 4.90 Å². The monoisotopic (exact) mass is 335 g/mol. The highest BCUT2D eigenvalue weighted by atomic mass is 16.6.